The van der Waals surface area contributed by atoms with Crippen LogP contribution in [0, 0.1) is 0 Å². The van der Waals surface area contributed by atoms with E-state index in [4.69, 9.17) is 5.11 Å². The Kier molecular flexibility index (Phi) is 2.96. The zero-order valence-corrected chi connectivity index (χ0v) is 9.90. The minimum absolute atomic E-state index is 0.390. The minimum atomic E-state index is -0.865. The van der Waals surface area contributed by atoms with Gasteiger partial charge in [0.1, 0.15) is 0 Å². The first-order chi connectivity index (χ1) is 8.11. The van der Waals surface area contributed by atoms with Crippen LogP contribution in [0.1, 0.15) is 19.4 Å². The molecule has 0 saturated carbocycles. The molecule has 0 aliphatic carbocycles. The third-order valence-electron chi connectivity index (χ3n) is 3.08. The van der Waals surface area contributed by atoms with Crippen LogP contribution in [-0.4, -0.2) is 11.1 Å². The Morgan fingerprint density at radius 1 is 1.00 bits per heavy atom. The van der Waals surface area contributed by atoms with Gasteiger partial charge < -0.3 is 5.11 Å². The molecule has 0 bridgehead atoms. The fourth-order valence-corrected chi connectivity index (χ4v) is 1.91. The zero-order valence-electron chi connectivity index (χ0n) is 9.90. The van der Waals surface area contributed by atoms with Crippen molar-refractivity contribution in [3.05, 3.63) is 53.6 Å². The fourth-order valence-electron chi connectivity index (χ4n) is 1.91. The average Bonchev–Trinajstić information content (AvgIpc) is 2.36. The number of rotatable bonds is 2. The number of carbonyl (C=O) groups is 1. The molecule has 2 rings (SSSR count). The molecule has 2 aromatic rings. The lowest BCUT2D eigenvalue weighted by molar-refractivity contribution is -0.132. The molecule has 2 heteroatoms. The highest BCUT2D eigenvalue weighted by Gasteiger charge is 2.09. The van der Waals surface area contributed by atoms with E-state index in [1.54, 1.807) is 6.92 Å². The molecule has 0 radical (unpaired) electrons. The van der Waals surface area contributed by atoms with Gasteiger partial charge in [-0.15, -0.1) is 0 Å². The summed E-state index contributed by atoms with van der Waals surface area (Å²) in [7, 11) is 0. The molecular weight excluding hydrogens is 212 g/mol. The zero-order chi connectivity index (χ0) is 12.4. The number of benzene rings is 2. The van der Waals surface area contributed by atoms with Gasteiger partial charge in [0, 0.05) is 5.57 Å². The Hall–Kier alpha value is -2.09. The highest BCUT2D eigenvalue weighted by Crippen LogP contribution is 2.26. The molecule has 0 aromatic heterocycles. The molecule has 0 fully saturated rings. The van der Waals surface area contributed by atoms with Crippen LogP contribution in [0.5, 0.6) is 0 Å². The summed E-state index contributed by atoms with van der Waals surface area (Å²) in [6.45, 7) is 3.49. The molecule has 0 spiro atoms. The Morgan fingerprint density at radius 3 is 2.35 bits per heavy atom. The molecule has 0 heterocycles. The van der Waals surface area contributed by atoms with Crippen molar-refractivity contribution in [2.75, 3.05) is 0 Å². The number of allylic oxidation sites excluding steroid dienone is 1. The molecule has 0 atom stereocenters. The monoisotopic (exact) mass is 226 g/mol. The molecule has 1 N–H and O–H groups in total. The number of fused-ring (bicyclic) bond motifs is 1. The van der Waals surface area contributed by atoms with E-state index in [9.17, 15) is 4.79 Å². The second-order valence-corrected chi connectivity index (χ2v) is 4.08. The number of aliphatic carboxylic acids is 1. The van der Waals surface area contributed by atoms with Gasteiger partial charge >= 0.3 is 5.97 Å². The average molecular weight is 226 g/mol. The molecule has 0 saturated heterocycles. The highest BCUT2D eigenvalue weighted by atomic mass is 16.4. The summed E-state index contributed by atoms with van der Waals surface area (Å²) >= 11 is 0. The Bertz CT molecular complexity index is 604. The predicted octanol–water partition coefficient (Wildman–Crippen LogP) is 3.72. The summed E-state index contributed by atoms with van der Waals surface area (Å²) in [4.78, 5) is 11.0. The maximum Gasteiger partial charge on any atom is 0.331 e. The maximum atomic E-state index is 11.0. The van der Waals surface area contributed by atoms with Crippen LogP contribution in [0.25, 0.3) is 16.3 Å². The van der Waals surface area contributed by atoms with E-state index in [2.05, 4.69) is 0 Å². The number of carboxylic acids is 1. The molecule has 17 heavy (non-hydrogen) atoms. The lowest BCUT2D eigenvalue weighted by Crippen LogP contribution is -1.99. The van der Waals surface area contributed by atoms with E-state index in [1.165, 1.54) is 0 Å². The van der Waals surface area contributed by atoms with E-state index in [1.807, 2.05) is 49.4 Å². The summed E-state index contributed by atoms with van der Waals surface area (Å²) in [5.41, 5.74) is 2.19. The van der Waals surface area contributed by atoms with Gasteiger partial charge in [-0.1, -0.05) is 42.5 Å². The summed E-state index contributed by atoms with van der Waals surface area (Å²) < 4.78 is 0. The quantitative estimate of drug-likeness (QED) is 0.792. The van der Waals surface area contributed by atoms with Crippen LogP contribution < -0.4 is 0 Å². The number of carboxylic acid groups (broad SMARTS) is 1. The van der Waals surface area contributed by atoms with Gasteiger partial charge in [-0.25, -0.2) is 4.79 Å². The Labute approximate surface area is 100 Å². The SMILES string of the molecule is C/C(C(=O)O)=C(/C)c1cccc2ccccc12. The number of hydrogen-bond donors (Lipinski definition) is 1. The third kappa shape index (κ3) is 2.07. The lowest BCUT2D eigenvalue weighted by atomic mass is 9.96. The summed E-state index contributed by atoms with van der Waals surface area (Å²) in [5, 5.41) is 11.2. The molecule has 0 unspecified atom stereocenters. The van der Waals surface area contributed by atoms with Gasteiger partial charge in [0.25, 0.3) is 0 Å². The Morgan fingerprint density at radius 2 is 1.65 bits per heavy atom. The second kappa shape index (κ2) is 4.42. The topological polar surface area (TPSA) is 37.3 Å². The van der Waals surface area contributed by atoms with Crippen LogP contribution in [0.2, 0.25) is 0 Å². The van der Waals surface area contributed by atoms with E-state index >= 15 is 0 Å². The smallest absolute Gasteiger partial charge is 0.331 e. The largest absolute Gasteiger partial charge is 0.478 e. The summed E-state index contributed by atoms with van der Waals surface area (Å²) in [6, 6.07) is 13.9. The van der Waals surface area contributed by atoms with Gasteiger partial charge in [-0.05, 0) is 35.8 Å². The summed E-state index contributed by atoms with van der Waals surface area (Å²) in [5.74, 6) is -0.865. The van der Waals surface area contributed by atoms with E-state index in [-0.39, 0.29) is 0 Å². The molecule has 86 valence electrons. The van der Waals surface area contributed by atoms with E-state index in [0.717, 1.165) is 21.9 Å². The maximum absolute atomic E-state index is 11.0. The van der Waals surface area contributed by atoms with Crippen molar-refractivity contribution >= 4 is 22.3 Å². The van der Waals surface area contributed by atoms with Gasteiger partial charge in [-0.2, -0.15) is 0 Å². The molecule has 2 nitrogen and oxygen atoms in total. The molecule has 0 aliphatic heterocycles. The predicted molar refractivity (Wildman–Crippen MR) is 69.9 cm³/mol. The van der Waals surface area contributed by atoms with Crippen molar-refractivity contribution in [2.24, 2.45) is 0 Å². The van der Waals surface area contributed by atoms with Crippen LogP contribution in [0.15, 0.2) is 48.0 Å². The van der Waals surface area contributed by atoms with Gasteiger partial charge in [0.2, 0.25) is 0 Å². The highest BCUT2D eigenvalue weighted by molar-refractivity contribution is 6.01. The van der Waals surface area contributed by atoms with Crippen LogP contribution in [0.3, 0.4) is 0 Å². The van der Waals surface area contributed by atoms with Crippen molar-refractivity contribution in [3.8, 4) is 0 Å². The molecule has 2 aromatic carbocycles. The number of hydrogen-bond acceptors (Lipinski definition) is 1. The molecule has 0 amide bonds. The van der Waals surface area contributed by atoms with Crippen LogP contribution in [-0.2, 0) is 4.79 Å². The van der Waals surface area contributed by atoms with Gasteiger partial charge in [0.15, 0.2) is 0 Å². The van der Waals surface area contributed by atoms with Crippen LogP contribution >= 0.6 is 0 Å². The van der Waals surface area contributed by atoms with Crippen molar-refractivity contribution < 1.29 is 9.90 Å². The normalized spacial score (nSPS) is 12.4. The van der Waals surface area contributed by atoms with Gasteiger partial charge in [0.05, 0.1) is 0 Å². The third-order valence-corrected chi connectivity index (χ3v) is 3.08. The fraction of sp³-hybridized carbons (Fsp3) is 0.133. The first-order valence-electron chi connectivity index (χ1n) is 5.50. The summed E-state index contributed by atoms with van der Waals surface area (Å²) in [6.07, 6.45) is 0. The lowest BCUT2D eigenvalue weighted by Gasteiger charge is -2.08. The first kappa shape index (κ1) is 11.4. The second-order valence-electron chi connectivity index (χ2n) is 4.08. The standard InChI is InChI=1S/C15H14O2/c1-10(11(2)15(16)17)13-9-5-7-12-6-3-4-8-14(12)13/h3-9H,1-2H3,(H,16,17)/b11-10+. The van der Waals surface area contributed by atoms with Crippen molar-refractivity contribution in [1.82, 2.24) is 0 Å². The van der Waals surface area contributed by atoms with E-state index in [0.29, 0.717) is 5.57 Å². The van der Waals surface area contributed by atoms with Crippen molar-refractivity contribution in [3.63, 3.8) is 0 Å². The van der Waals surface area contributed by atoms with E-state index < -0.39 is 5.97 Å². The van der Waals surface area contributed by atoms with Crippen molar-refractivity contribution in [2.45, 2.75) is 13.8 Å². The van der Waals surface area contributed by atoms with Crippen molar-refractivity contribution in [1.29, 1.82) is 0 Å². The van der Waals surface area contributed by atoms with Gasteiger partial charge in [-0.3, -0.25) is 0 Å². The first-order valence-corrected chi connectivity index (χ1v) is 5.50. The minimum Gasteiger partial charge on any atom is -0.478 e. The van der Waals surface area contributed by atoms with Crippen LogP contribution in [0.4, 0.5) is 0 Å². The molecule has 0 aliphatic rings. The Balaban J connectivity index is 2.72. The molecular formula is C15H14O2.